The number of thioether (sulfide) groups is 1. The van der Waals surface area contributed by atoms with Gasteiger partial charge in [-0.05, 0) is 72.5 Å². The molecule has 2 aliphatic rings. The zero-order chi connectivity index (χ0) is 33.8. The normalized spacial score (nSPS) is 17.4. The first-order valence-corrected chi connectivity index (χ1v) is 16.2. The van der Waals surface area contributed by atoms with Crippen LogP contribution in [-0.2, 0) is 9.53 Å². The topological polar surface area (TPSA) is 123 Å². The second kappa shape index (κ2) is 14.1. The van der Waals surface area contributed by atoms with E-state index in [1.807, 2.05) is 38.1 Å². The van der Waals surface area contributed by atoms with E-state index in [1.165, 1.54) is 45.6 Å². The molecule has 2 aliphatic heterocycles. The molecule has 0 bridgehead atoms. The number of nitrogens with zero attached hydrogens (tertiary/aromatic N) is 5. The number of anilines is 3. The van der Waals surface area contributed by atoms with E-state index in [0.29, 0.717) is 59.3 Å². The molecular formula is C33H32F3N7O4S. The Kier molecular flexibility index (Phi) is 9.68. The number of nitrogens with one attached hydrogen (secondary N) is 2. The minimum absolute atomic E-state index is 0.146. The maximum absolute atomic E-state index is 12.9. The SMILES string of the molecule is CC(C)c1ccccc1N1C(=O)CSC1=NC(=O)Nc1ccc(-c2nc(NCC3CCOC3)n(-c3ccc(OC(F)(F)F)cc3)n2)cc1. The van der Waals surface area contributed by atoms with Gasteiger partial charge in [0.25, 0.3) is 0 Å². The van der Waals surface area contributed by atoms with Crippen molar-refractivity contribution in [2.45, 2.75) is 32.5 Å². The number of aliphatic imine (C=N–C) groups is 1. The minimum atomic E-state index is -4.80. The second-order valence-corrected chi connectivity index (χ2v) is 12.4. The summed E-state index contributed by atoms with van der Waals surface area (Å²) in [5, 5.41) is 11.0. The van der Waals surface area contributed by atoms with Crippen LogP contribution in [0.1, 0.15) is 31.7 Å². The van der Waals surface area contributed by atoms with Crippen molar-refractivity contribution >= 4 is 46.2 Å². The molecule has 15 heteroatoms. The number of hydrogen-bond acceptors (Lipinski definition) is 8. The molecule has 2 saturated heterocycles. The summed E-state index contributed by atoms with van der Waals surface area (Å²) in [6.07, 6.45) is -3.90. The Hall–Kier alpha value is -4.89. The Labute approximate surface area is 278 Å². The predicted molar refractivity (Wildman–Crippen MR) is 178 cm³/mol. The van der Waals surface area contributed by atoms with Crippen molar-refractivity contribution in [3.8, 4) is 22.8 Å². The van der Waals surface area contributed by atoms with Crippen molar-refractivity contribution in [2.75, 3.05) is 41.0 Å². The number of hydrogen-bond donors (Lipinski definition) is 2. The molecule has 6 rings (SSSR count). The summed E-state index contributed by atoms with van der Waals surface area (Å²) in [6.45, 7) is 5.95. The Morgan fingerprint density at radius 2 is 1.85 bits per heavy atom. The third-order valence-electron chi connectivity index (χ3n) is 7.65. The molecule has 0 spiro atoms. The Morgan fingerprint density at radius 1 is 1.10 bits per heavy atom. The van der Waals surface area contributed by atoms with Crippen LogP contribution in [0.5, 0.6) is 5.75 Å². The minimum Gasteiger partial charge on any atom is -0.406 e. The van der Waals surface area contributed by atoms with E-state index in [0.717, 1.165) is 12.0 Å². The highest BCUT2D eigenvalue weighted by molar-refractivity contribution is 8.15. The van der Waals surface area contributed by atoms with Gasteiger partial charge in [0.15, 0.2) is 11.0 Å². The highest BCUT2D eigenvalue weighted by Crippen LogP contribution is 2.33. The van der Waals surface area contributed by atoms with Crippen molar-refractivity contribution in [1.82, 2.24) is 14.8 Å². The van der Waals surface area contributed by atoms with E-state index in [-0.39, 0.29) is 29.2 Å². The van der Waals surface area contributed by atoms with Crippen LogP contribution in [0.2, 0.25) is 0 Å². The summed E-state index contributed by atoms with van der Waals surface area (Å²) in [7, 11) is 0. The molecule has 48 heavy (non-hydrogen) atoms. The maximum Gasteiger partial charge on any atom is 0.573 e. The molecule has 4 aromatic rings. The molecule has 1 atom stereocenters. The van der Waals surface area contributed by atoms with Crippen LogP contribution in [0.3, 0.4) is 0 Å². The van der Waals surface area contributed by atoms with Crippen LogP contribution in [0.4, 0.5) is 35.3 Å². The maximum atomic E-state index is 12.9. The number of para-hydroxylation sites is 1. The molecule has 2 N–H and O–H groups in total. The number of urea groups is 1. The van der Waals surface area contributed by atoms with Gasteiger partial charge in [0.05, 0.1) is 23.7 Å². The molecular weight excluding hydrogens is 647 g/mol. The number of carbonyl (C=O) groups is 2. The standard InChI is InChI=1S/C33H32F3N7O4S/c1-20(2)26-5-3-4-6-27(26)42-28(44)19-48-32(42)40-31(45)38-23-9-7-22(8-10-23)29-39-30(37-17-21-15-16-46-18-21)43(41-29)24-11-13-25(14-12-24)47-33(34,35)36/h3-14,20-21H,15-19H2,1-2H3,(H,38,45)(H,37,39,41). The second-order valence-electron chi connectivity index (χ2n) is 11.5. The van der Waals surface area contributed by atoms with Crippen LogP contribution in [0, 0.1) is 5.92 Å². The Balaban J connectivity index is 1.19. The number of benzene rings is 3. The molecule has 3 heterocycles. The van der Waals surface area contributed by atoms with E-state index in [1.54, 1.807) is 24.3 Å². The van der Waals surface area contributed by atoms with E-state index >= 15 is 0 Å². The summed E-state index contributed by atoms with van der Waals surface area (Å²) < 4.78 is 49.0. The van der Waals surface area contributed by atoms with Gasteiger partial charge in [0.2, 0.25) is 11.9 Å². The van der Waals surface area contributed by atoms with Gasteiger partial charge in [-0.15, -0.1) is 18.3 Å². The van der Waals surface area contributed by atoms with E-state index in [4.69, 9.17) is 4.74 Å². The molecule has 2 fully saturated rings. The Morgan fingerprint density at radius 3 is 2.54 bits per heavy atom. The number of amides is 3. The molecule has 0 aliphatic carbocycles. The molecule has 3 aromatic carbocycles. The smallest absolute Gasteiger partial charge is 0.406 e. The third-order valence-corrected chi connectivity index (χ3v) is 8.57. The highest BCUT2D eigenvalue weighted by Gasteiger charge is 2.33. The summed E-state index contributed by atoms with van der Waals surface area (Å²) in [4.78, 5) is 36.1. The molecule has 0 radical (unpaired) electrons. The lowest BCUT2D eigenvalue weighted by molar-refractivity contribution is -0.274. The van der Waals surface area contributed by atoms with Gasteiger partial charge in [-0.25, -0.2) is 4.79 Å². The third kappa shape index (κ3) is 7.80. The number of aromatic nitrogens is 3. The van der Waals surface area contributed by atoms with Crippen LogP contribution in [-0.4, -0.2) is 63.7 Å². The van der Waals surface area contributed by atoms with Crippen molar-refractivity contribution in [1.29, 1.82) is 0 Å². The van der Waals surface area contributed by atoms with Crippen LogP contribution in [0.15, 0.2) is 77.8 Å². The Bertz CT molecular complexity index is 1810. The fourth-order valence-electron chi connectivity index (χ4n) is 5.30. The molecule has 3 amide bonds. The molecule has 1 aromatic heterocycles. The lowest BCUT2D eigenvalue weighted by atomic mass is 10.0. The van der Waals surface area contributed by atoms with Crippen LogP contribution in [0.25, 0.3) is 17.1 Å². The monoisotopic (exact) mass is 679 g/mol. The molecule has 11 nitrogen and oxygen atoms in total. The van der Waals surface area contributed by atoms with Crippen molar-refractivity contribution in [2.24, 2.45) is 10.9 Å². The summed E-state index contributed by atoms with van der Waals surface area (Å²) in [5.74, 6) is 0.900. The largest absolute Gasteiger partial charge is 0.573 e. The van der Waals surface area contributed by atoms with Gasteiger partial charge in [-0.3, -0.25) is 9.69 Å². The predicted octanol–water partition coefficient (Wildman–Crippen LogP) is 7.07. The summed E-state index contributed by atoms with van der Waals surface area (Å²) >= 11 is 1.21. The van der Waals surface area contributed by atoms with Gasteiger partial charge in [0.1, 0.15) is 5.75 Å². The van der Waals surface area contributed by atoms with Gasteiger partial charge >= 0.3 is 12.4 Å². The van der Waals surface area contributed by atoms with Gasteiger partial charge in [-0.2, -0.15) is 14.7 Å². The fourth-order valence-corrected chi connectivity index (χ4v) is 6.16. The first-order chi connectivity index (χ1) is 23.0. The van der Waals surface area contributed by atoms with Gasteiger partial charge in [-0.1, -0.05) is 43.8 Å². The molecule has 250 valence electrons. The van der Waals surface area contributed by atoms with E-state index in [2.05, 4.69) is 30.4 Å². The summed E-state index contributed by atoms with van der Waals surface area (Å²) in [5.41, 5.74) is 3.27. The van der Waals surface area contributed by atoms with Crippen molar-refractivity contribution in [3.05, 3.63) is 78.4 Å². The molecule has 1 unspecified atom stereocenters. The highest BCUT2D eigenvalue weighted by atomic mass is 32.2. The van der Waals surface area contributed by atoms with Gasteiger partial charge in [0, 0.05) is 30.3 Å². The average molecular weight is 680 g/mol. The van der Waals surface area contributed by atoms with Crippen molar-refractivity contribution in [3.63, 3.8) is 0 Å². The lowest BCUT2D eigenvalue weighted by Crippen LogP contribution is -2.31. The number of amidine groups is 1. The quantitative estimate of drug-likeness (QED) is 0.193. The van der Waals surface area contributed by atoms with Crippen molar-refractivity contribution < 1.29 is 32.2 Å². The first-order valence-electron chi connectivity index (χ1n) is 15.2. The van der Waals surface area contributed by atoms with Gasteiger partial charge < -0.3 is 20.1 Å². The number of rotatable bonds is 9. The number of halogens is 3. The van der Waals surface area contributed by atoms with Crippen LogP contribution < -0.4 is 20.3 Å². The zero-order valence-corrected chi connectivity index (χ0v) is 26.8. The average Bonchev–Trinajstić information content (AvgIpc) is 3.81. The number of alkyl halides is 3. The number of ether oxygens (including phenoxy) is 2. The van der Waals surface area contributed by atoms with E-state index < -0.39 is 12.4 Å². The first kappa shape index (κ1) is 33.0. The fraction of sp³-hybridized carbons (Fsp3) is 0.303. The summed E-state index contributed by atoms with van der Waals surface area (Å²) in [6, 6.07) is 19.1. The van der Waals surface area contributed by atoms with E-state index in [9.17, 15) is 22.8 Å². The molecule has 0 saturated carbocycles. The lowest BCUT2D eigenvalue weighted by Gasteiger charge is -2.21. The van der Waals surface area contributed by atoms with Crippen LogP contribution >= 0.6 is 11.8 Å². The number of carbonyl (C=O) groups excluding carboxylic acids is 2. The zero-order valence-electron chi connectivity index (χ0n) is 26.0.